The van der Waals surface area contributed by atoms with Crippen LogP contribution in [0, 0.1) is 12.7 Å². The summed E-state index contributed by atoms with van der Waals surface area (Å²) >= 11 is 0. The normalized spacial score (nSPS) is 14.5. The zero-order valence-corrected chi connectivity index (χ0v) is 22.0. The van der Waals surface area contributed by atoms with Gasteiger partial charge in [0.1, 0.15) is 23.8 Å². The van der Waals surface area contributed by atoms with E-state index < -0.39 is 17.8 Å². The van der Waals surface area contributed by atoms with Crippen LogP contribution < -0.4 is 20.9 Å². The van der Waals surface area contributed by atoms with Gasteiger partial charge in [-0.25, -0.2) is 14.4 Å². The lowest BCUT2D eigenvalue weighted by molar-refractivity contribution is -0.122. The van der Waals surface area contributed by atoms with E-state index in [-0.39, 0.29) is 42.0 Å². The second kappa shape index (κ2) is 11.8. The maximum atomic E-state index is 13.7. The third-order valence-electron chi connectivity index (χ3n) is 5.85. The number of hydrogen-bond acceptors (Lipinski definition) is 8. The topological polar surface area (TPSA) is 137 Å². The van der Waals surface area contributed by atoms with Gasteiger partial charge in [-0.05, 0) is 50.6 Å². The molecule has 4 rings (SSSR count). The fourth-order valence-corrected chi connectivity index (χ4v) is 4.01. The number of aryl methyl sites for hydroxylation is 1. The molecule has 0 saturated carbocycles. The molecule has 3 aromatic rings. The first-order valence-corrected chi connectivity index (χ1v) is 12.3. The zero-order chi connectivity index (χ0) is 28.1. The highest BCUT2D eigenvalue weighted by molar-refractivity contribution is 6.02. The van der Waals surface area contributed by atoms with Crippen molar-refractivity contribution in [2.75, 3.05) is 7.11 Å². The van der Waals surface area contributed by atoms with Crippen LogP contribution in [0.5, 0.6) is 5.75 Å². The summed E-state index contributed by atoms with van der Waals surface area (Å²) in [6.07, 6.45) is 1.42. The Kier molecular flexibility index (Phi) is 8.33. The number of amides is 2. The maximum Gasteiger partial charge on any atom is 0.270 e. The number of rotatable bonds is 9. The van der Waals surface area contributed by atoms with E-state index in [9.17, 15) is 18.8 Å². The Morgan fingerprint density at radius 3 is 2.74 bits per heavy atom. The molecule has 0 aliphatic carbocycles. The zero-order valence-electron chi connectivity index (χ0n) is 22.0. The Labute approximate surface area is 224 Å². The molecule has 1 aliphatic rings. The fraction of sp³-hybridized carbons (Fsp3) is 0.333. The Morgan fingerprint density at radius 2 is 2.00 bits per heavy atom. The van der Waals surface area contributed by atoms with Crippen LogP contribution in [0.4, 0.5) is 4.39 Å². The Bertz CT molecular complexity index is 1490. The first-order valence-electron chi connectivity index (χ1n) is 12.3. The summed E-state index contributed by atoms with van der Waals surface area (Å²) in [5.74, 6) is -0.735. The average molecular weight is 537 g/mol. The summed E-state index contributed by atoms with van der Waals surface area (Å²) in [6, 6.07) is 8.84. The summed E-state index contributed by atoms with van der Waals surface area (Å²) in [5.41, 5.74) is 2.11. The molecule has 11 nitrogen and oxygen atoms in total. The van der Waals surface area contributed by atoms with Gasteiger partial charge in [0.05, 0.1) is 12.8 Å². The number of benzene rings is 1. The number of nitrogens with zero attached hydrogens (tertiary/aromatic N) is 4. The number of methoxy groups -OCH3 is 1. The van der Waals surface area contributed by atoms with Crippen LogP contribution in [0.15, 0.2) is 52.5 Å². The van der Waals surface area contributed by atoms with Crippen LogP contribution in [-0.4, -0.2) is 45.2 Å². The van der Waals surface area contributed by atoms with Crippen molar-refractivity contribution in [2.45, 2.75) is 52.4 Å². The van der Waals surface area contributed by atoms with Crippen molar-refractivity contribution in [3.8, 4) is 5.75 Å². The SMILES string of the molecule is COc1cc(CNC(=O)c2cc(C3=NOC(c4ccc(=O)n(CC(=O)NC(C)C)c4)C3)nc(C)n2)ccc1F. The van der Waals surface area contributed by atoms with E-state index in [1.54, 1.807) is 25.3 Å². The van der Waals surface area contributed by atoms with Crippen molar-refractivity contribution >= 4 is 17.5 Å². The molecule has 12 heteroatoms. The number of oxime groups is 1. The van der Waals surface area contributed by atoms with Crippen LogP contribution in [0.3, 0.4) is 0 Å². The number of hydrogen-bond donors (Lipinski definition) is 2. The predicted molar refractivity (Wildman–Crippen MR) is 140 cm³/mol. The van der Waals surface area contributed by atoms with Gasteiger partial charge in [0.25, 0.3) is 11.5 Å². The summed E-state index contributed by atoms with van der Waals surface area (Å²) in [4.78, 5) is 51.5. The third kappa shape index (κ3) is 6.83. The van der Waals surface area contributed by atoms with Crippen molar-refractivity contribution in [1.29, 1.82) is 0 Å². The van der Waals surface area contributed by atoms with Gasteiger partial charge in [-0.2, -0.15) is 0 Å². The van der Waals surface area contributed by atoms with E-state index in [0.717, 1.165) is 0 Å². The van der Waals surface area contributed by atoms with Gasteiger partial charge < -0.3 is 24.8 Å². The average Bonchev–Trinajstić information content (AvgIpc) is 3.39. The minimum absolute atomic E-state index is 0.0415. The van der Waals surface area contributed by atoms with Crippen LogP contribution in [0.1, 0.15) is 59.5 Å². The summed E-state index contributed by atoms with van der Waals surface area (Å²) in [7, 11) is 1.37. The van der Waals surface area contributed by atoms with Crippen LogP contribution in [-0.2, 0) is 22.7 Å². The molecule has 2 aromatic heterocycles. The first-order chi connectivity index (χ1) is 18.6. The lowest BCUT2D eigenvalue weighted by Crippen LogP contribution is -2.35. The molecule has 0 fully saturated rings. The van der Waals surface area contributed by atoms with Crippen molar-refractivity contribution in [3.05, 3.63) is 87.1 Å². The van der Waals surface area contributed by atoms with Gasteiger partial charge in [-0.1, -0.05) is 11.2 Å². The highest BCUT2D eigenvalue weighted by Crippen LogP contribution is 2.28. The number of pyridine rings is 1. The van der Waals surface area contributed by atoms with Crippen LogP contribution >= 0.6 is 0 Å². The number of carbonyl (C=O) groups is 2. The summed E-state index contributed by atoms with van der Waals surface area (Å²) in [6.45, 7) is 5.38. The van der Waals surface area contributed by atoms with E-state index in [4.69, 9.17) is 9.57 Å². The lowest BCUT2D eigenvalue weighted by atomic mass is 10.0. The van der Waals surface area contributed by atoms with E-state index in [0.29, 0.717) is 34.8 Å². The van der Waals surface area contributed by atoms with Crippen molar-refractivity contribution in [2.24, 2.45) is 5.16 Å². The van der Waals surface area contributed by atoms with Crippen molar-refractivity contribution in [3.63, 3.8) is 0 Å². The van der Waals surface area contributed by atoms with E-state index in [1.807, 2.05) is 13.8 Å². The lowest BCUT2D eigenvalue weighted by Gasteiger charge is -2.13. The number of nitrogens with one attached hydrogen (secondary N) is 2. The smallest absolute Gasteiger partial charge is 0.270 e. The first kappa shape index (κ1) is 27.4. The van der Waals surface area contributed by atoms with Crippen LogP contribution in [0.25, 0.3) is 0 Å². The Hall–Kier alpha value is -4.61. The molecule has 0 bridgehead atoms. The molecule has 2 N–H and O–H groups in total. The standard InChI is InChI=1S/C27H29FN6O5/c1-15(2)30-25(35)14-34-13-18(6-8-26(34)36)23-11-21(33-39-23)20-10-22(32-16(3)31-20)27(37)29-12-17-5-7-19(28)24(9-17)38-4/h5-10,13,15,23H,11-12,14H2,1-4H3,(H,29,37)(H,30,35). The largest absolute Gasteiger partial charge is 0.494 e. The fourth-order valence-electron chi connectivity index (χ4n) is 4.01. The van der Waals surface area contributed by atoms with E-state index >= 15 is 0 Å². The predicted octanol–water partition coefficient (Wildman–Crippen LogP) is 2.41. The molecule has 1 atom stereocenters. The monoisotopic (exact) mass is 536 g/mol. The second-order valence-electron chi connectivity index (χ2n) is 9.32. The molecule has 1 aromatic carbocycles. The molecular weight excluding hydrogens is 507 g/mol. The number of carbonyl (C=O) groups excluding carboxylic acids is 2. The number of ether oxygens (including phenoxy) is 1. The van der Waals surface area contributed by atoms with Crippen LogP contribution in [0.2, 0.25) is 0 Å². The second-order valence-corrected chi connectivity index (χ2v) is 9.32. The molecule has 0 radical (unpaired) electrons. The number of halogens is 1. The summed E-state index contributed by atoms with van der Waals surface area (Å²) < 4.78 is 20.0. The van der Waals surface area contributed by atoms with Gasteiger partial charge in [0, 0.05) is 36.8 Å². The van der Waals surface area contributed by atoms with Gasteiger partial charge in [0.15, 0.2) is 17.7 Å². The molecular formula is C27H29FN6O5. The molecule has 1 aliphatic heterocycles. The number of aromatic nitrogens is 3. The Morgan fingerprint density at radius 1 is 1.21 bits per heavy atom. The summed E-state index contributed by atoms with van der Waals surface area (Å²) in [5, 5.41) is 9.68. The molecule has 39 heavy (non-hydrogen) atoms. The van der Waals surface area contributed by atoms with Crippen molar-refractivity contribution in [1.82, 2.24) is 25.2 Å². The molecule has 2 amide bonds. The highest BCUT2D eigenvalue weighted by atomic mass is 19.1. The van der Waals surface area contributed by atoms with Gasteiger partial charge in [-0.15, -0.1) is 0 Å². The van der Waals surface area contributed by atoms with Crippen molar-refractivity contribution < 1.29 is 23.6 Å². The Balaban J connectivity index is 1.44. The van der Waals surface area contributed by atoms with Gasteiger partial charge in [-0.3, -0.25) is 14.4 Å². The maximum absolute atomic E-state index is 13.7. The molecule has 1 unspecified atom stereocenters. The quantitative estimate of drug-likeness (QED) is 0.429. The third-order valence-corrected chi connectivity index (χ3v) is 5.85. The highest BCUT2D eigenvalue weighted by Gasteiger charge is 2.26. The minimum Gasteiger partial charge on any atom is -0.494 e. The molecule has 0 saturated heterocycles. The van der Waals surface area contributed by atoms with E-state index in [2.05, 4.69) is 25.8 Å². The molecule has 0 spiro atoms. The van der Waals surface area contributed by atoms with Gasteiger partial charge in [0.2, 0.25) is 5.91 Å². The minimum atomic E-state index is -0.499. The molecule has 3 heterocycles. The van der Waals surface area contributed by atoms with E-state index in [1.165, 1.54) is 35.9 Å². The van der Waals surface area contributed by atoms with Gasteiger partial charge >= 0.3 is 0 Å². The molecule has 204 valence electrons.